The van der Waals surface area contributed by atoms with Crippen LogP contribution in [0, 0.1) is 0 Å². The van der Waals surface area contributed by atoms with Crippen LogP contribution >= 0.6 is 0 Å². The number of nitrogens with zero attached hydrogens (tertiary/aromatic N) is 2. The molecule has 0 radical (unpaired) electrons. The van der Waals surface area contributed by atoms with Gasteiger partial charge in [0, 0.05) is 16.5 Å². The minimum atomic E-state index is -2.02. The number of ether oxygens (including phenoxy) is 2. The van der Waals surface area contributed by atoms with Crippen molar-refractivity contribution in [2.45, 2.75) is 51.0 Å². The molecule has 3 aliphatic rings. The molecule has 1 aromatic carbocycles. The Balaban J connectivity index is 1.63. The summed E-state index contributed by atoms with van der Waals surface area (Å²) in [7, 11) is 0. The smallest absolute Gasteiger partial charge is 0.303 e. The molecule has 3 atom stereocenters. The van der Waals surface area contributed by atoms with Gasteiger partial charge in [-0.15, -0.1) is 0 Å². The first-order valence-corrected chi connectivity index (χ1v) is 10.4. The first-order chi connectivity index (χ1) is 14.9. The number of rotatable bonds is 1. The number of carbonyl (C=O) groups excluding carboxylic acids is 1. The summed E-state index contributed by atoms with van der Waals surface area (Å²) in [5, 5.41) is 14.7. The maximum absolute atomic E-state index is 13.5. The summed E-state index contributed by atoms with van der Waals surface area (Å²) in [5.41, 5.74) is 2.09. The average molecular weight is 419 g/mol. The highest BCUT2D eigenvalue weighted by Crippen LogP contribution is 2.44. The van der Waals surface area contributed by atoms with Crippen LogP contribution < -0.4 is 10.9 Å². The van der Waals surface area contributed by atoms with Gasteiger partial charge in [0.25, 0.3) is 11.5 Å². The normalized spacial score (nSPS) is 28.5. The van der Waals surface area contributed by atoms with Gasteiger partial charge in [-0.2, -0.15) is 0 Å². The Labute approximate surface area is 177 Å². The van der Waals surface area contributed by atoms with E-state index in [2.05, 4.69) is 5.32 Å². The SMILES string of the molecule is CC[C@]12O[C@@](O)(OCc3c1cc1n(c3=O)Cc3cc4ccccc4nc3-1)[C@@H](C)NC2=O. The lowest BCUT2D eigenvalue weighted by Gasteiger charge is -2.45. The maximum Gasteiger partial charge on any atom is 0.303 e. The van der Waals surface area contributed by atoms with E-state index < -0.39 is 23.5 Å². The molecule has 0 aliphatic carbocycles. The molecule has 0 unspecified atom stereocenters. The number of benzene rings is 1. The number of hydrogen-bond acceptors (Lipinski definition) is 6. The molecule has 5 heterocycles. The fraction of sp³-hybridized carbons (Fsp3) is 0.348. The molecule has 158 valence electrons. The summed E-state index contributed by atoms with van der Waals surface area (Å²) in [6.07, 6.45) is 0.227. The fourth-order valence-electron chi connectivity index (χ4n) is 4.93. The third-order valence-corrected chi connectivity index (χ3v) is 6.71. The number of nitrogens with one attached hydrogen (secondary N) is 1. The van der Waals surface area contributed by atoms with Crippen molar-refractivity contribution in [3.63, 3.8) is 0 Å². The van der Waals surface area contributed by atoms with Gasteiger partial charge in [0.2, 0.25) is 0 Å². The molecule has 3 aliphatic heterocycles. The van der Waals surface area contributed by atoms with Crippen LogP contribution in [0.25, 0.3) is 22.3 Å². The molecule has 31 heavy (non-hydrogen) atoms. The van der Waals surface area contributed by atoms with Crippen molar-refractivity contribution in [1.29, 1.82) is 0 Å². The molecular formula is C23H21N3O5. The number of aromatic nitrogens is 2. The Bertz CT molecular complexity index is 1350. The molecule has 2 N–H and O–H groups in total. The number of carbonyl (C=O) groups is 1. The summed E-state index contributed by atoms with van der Waals surface area (Å²) in [6, 6.07) is 10.9. The summed E-state index contributed by atoms with van der Waals surface area (Å²) in [4.78, 5) is 31.5. The molecule has 2 aromatic heterocycles. The number of para-hydroxylation sites is 1. The minimum Gasteiger partial charge on any atom is -0.343 e. The number of morpholine rings is 1. The Morgan fingerprint density at radius 2 is 2.10 bits per heavy atom. The van der Waals surface area contributed by atoms with Gasteiger partial charge in [0.05, 0.1) is 35.6 Å². The average Bonchev–Trinajstić information content (AvgIpc) is 3.06. The van der Waals surface area contributed by atoms with Crippen molar-refractivity contribution in [2.24, 2.45) is 0 Å². The number of amides is 1. The van der Waals surface area contributed by atoms with Gasteiger partial charge in [-0.1, -0.05) is 25.1 Å². The quantitative estimate of drug-likeness (QED) is 0.487. The van der Waals surface area contributed by atoms with E-state index >= 15 is 0 Å². The van der Waals surface area contributed by atoms with Gasteiger partial charge in [-0.3, -0.25) is 9.59 Å². The van der Waals surface area contributed by atoms with Crippen LogP contribution in [0.4, 0.5) is 0 Å². The van der Waals surface area contributed by atoms with Crippen LogP contribution in [0.2, 0.25) is 0 Å². The predicted molar refractivity (Wildman–Crippen MR) is 111 cm³/mol. The topological polar surface area (TPSA) is 103 Å². The largest absolute Gasteiger partial charge is 0.343 e. The second-order valence-corrected chi connectivity index (χ2v) is 8.40. The van der Waals surface area contributed by atoms with Gasteiger partial charge in [-0.25, -0.2) is 4.98 Å². The zero-order valence-corrected chi connectivity index (χ0v) is 17.1. The molecule has 1 fully saturated rings. The number of aliphatic hydroxyl groups is 1. The highest BCUT2D eigenvalue weighted by atomic mass is 16.8. The lowest BCUT2D eigenvalue weighted by molar-refractivity contribution is -0.410. The van der Waals surface area contributed by atoms with E-state index in [0.717, 1.165) is 22.2 Å². The maximum atomic E-state index is 13.5. The number of fused-ring (bicyclic) bond motifs is 8. The van der Waals surface area contributed by atoms with E-state index in [4.69, 9.17) is 14.5 Å². The zero-order valence-electron chi connectivity index (χ0n) is 17.1. The Kier molecular flexibility index (Phi) is 3.62. The Morgan fingerprint density at radius 1 is 1.29 bits per heavy atom. The second-order valence-electron chi connectivity index (χ2n) is 8.40. The Hall–Kier alpha value is -3.07. The van der Waals surface area contributed by atoms with E-state index in [1.807, 2.05) is 30.3 Å². The second kappa shape index (κ2) is 6.00. The molecule has 1 amide bonds. The number of pyridine rings is 2. The standard InChI is InChI=1S/C23H21N3O5/c1-3-22-16-9-18-19-14(8-13-6-4-5-7-17(13)25-19)10-26(18)20(27)15(16)11-30-23(29,31-22)12(2)24-21(22)28/h4-9,12,29H,3,10-11H2,1-2H3,(H,24,28)/t12-,22+,23+/m1/s1. The minimum absolute atomic E-state index is 0.155. The molecular weight excluding hydrogens is 398 g/mol. The monoisotopic (exact) mass is 419 g/mol. The number of hydrogen-bond donors (Lipinski definition) is 2. The van der Waals surface area contributed by atoms with Crippen molar-refractivity contribution in [1.82, 2.24) is 14.9 Å². The predicted octanol–water partition coefficient (Wildman–Crippen LogP) is 1.74. The van der Waals surface area contributed by atoms with E-state index in [1.54, 1.807) is 24.5 Å². The van der Waals surface area contributed by atoms with Gasteiger partial charge in [0.15, 0.2) is 5.60 Å². The molecule has 2 bridgehead atoms. The van der Waals surface area contributed by atoms with Crippen LogP contribution in [0.5, 0.6) is 0 Å². The van der Waals surface area contributed by atoms with Crippen molar-refractivity contribution >= 4 is 16.8 Å². The summed E-state index contributed by atoms with van der Waals surface area (Å²) in [5.74, 6) is -2.41. The van der Waals surface area contributed by atoms with E-state index in [1.165, 1.54) is 0 Å². The van der Waals surface area contributed by atoms with Crippen LogP contribution in [-0.2, 0) is 33.0 Å². The first-order valence-electron chi connectivity index (χ1n) is 10.4. The van der Waals surface area contributed by atoms with Crippen LogP contribution in [0.1, 0.15) is 37.0 Å². The van der Waals surface area contributed by atoms with Crippen LogP contribution in [-0.4, -0.2) is 32.6 Å². The Morgan fingerprint density at radius 3 is 2.90 bits per heavy atom. The van der Waals surface area contributed by atoms with Crippen LogP contribution in [0.15, 0.2) is 41.2 Å². The molecule has 1 saturated heterocycles. The van der Waals surface area contributed by atoms with E-state index in [9.17, 15) is 14.7 Å². The van der Waals surface area contributed by atoms with Gasteiger partial charge >= 0.3 is 5.97 Å². The molecule has 0 spiro atoms. The third-order valence-electron chi connectivity index (χ3n) is 6.71. The highest BCUT2D eigenvalue weighted by molar-refractivity contribution is 5.89. The highest BCUT2D eigenvalue weighted by Gasteiger charge is 2.58. The molecule has 8 nitrogen and oxygen atoms in total. The first kappa shape index (κ1) is 18.7. The molecule has 3 aromatic rings. The summed E-state index contributed by atoms with van der Waals surface area (Å²) in [6.45, 7) is 3.63. The van der Waals surface area contributed by atoms with E-state index in [0.29, 0.717) is 23.4 Å². The van der Waals surface area contributed by atoms with Gasteiger partial charge in [-0.05, 0) is 31.5 Å². The van der Waals surface area contributed by atoms with Gasteiger partial charge in [0.1, 0.15) is 6.04 Å². The molecule has 0 saturated carbocycles. The third kappa shape index (κ3) is 2.32. The molecule has 8 heteroatoms. The van der Waals surface area contributed by atoms with Crippen molar-refractivity contribution < 1.29 is 19.4 Å². The van der Waals surface area contributed by atoms with Crippen molar-refractivity contribution in [2.75, 3.05) is 0 Å². The fourth-order valence-corrected chi connectivity index (χ4v) is 4.93. The summed E-state index contributed by atoms with van der Waals surface area (Å²) < 4.78 is 13.2. The lowest BCUT2D eigenvalue weighted by atomic mass is 9.85. The van der Waals surface area contributed by atoms with Crippen molar-refractivity contribution in [3.8, 4) is 11.4 Å². The summed E-state index contributed by atoms with van der Waals surface area (Å²) >= 11 is 0. The van der Waals surface area contributed by atoms with Crippen molar-refractivity contribution in [3.05, 3.63) is 63.4 Å². The molecule has 6 rings (SSSR count). The van der Waals surface area contributed by atoms with Crippen LogP contribution in [0.3, 0.4) is 0 Å². The lowest BCUT2D eigenvalue weighted by Crippen LogP contribution is -2.66. The van der Waals surface area contributed by atoms with E-state index in [-0.39, 0.29) is 18.6 Å². The zero-order chi connectivity index (χ0) is 21.5. The van der Waals surface area contributed by atoms with Gasteiger partial charge < -0.3 is 24.5 Å².